The van der Waals surface area contributed by atoms with Crippen molar-refractivity contribution in [2.45, 2.75) is 13.8 Å². The third kappa shape index (κ3) is 3.62. The van der Waals surface area contributed by atoms with Crippen LogP contribution in [-0.2, 0) is 0 Å². The molecule has 6 nitrogen and oxygen atoms in total. The van der Waals surface area contributed by atoms with Crippen molar-refractivity contribution < 1.29 is 24.2 Å². The highest BCUT2D eigenvalue weighted by Crippen LogP contribution is 2.26. The SMILES string of the molecule is CCOc1ccccc1OCC(=O)c1nc(C)c(C(=O)[O-])s1. The van der Waals surface area contributed by atoms with Gasteiger partial charge in [-0.3, -0.25) is 4.79 Å². The van der Waals surface area contributed by atoms with Gasteiger partial charge in [-0.2, -0.15) is 0 Å². The molecule has 0 unspecified atom stereocenters. The summed E-state index contributed by atoms with van der Waals surface area (Å²) in [6.45, 7) is 3.60. The van der Waals surface area contributed by atoms with E-state index in [2.05, 4.69) is 4.98 Å². The molecule has 0 fully saturated rings. The maximum Gasteiger partial charge on any atom is 0.228 e. The first-order valence-corrected chi connectivity index (χ1v) is 7.41. The van der Waals surface area contributed by atoms with Crippen molar-refractivity contribution in [3.8, 4) is 11.5 Å². The van der Waals surface area contributed by atoms with Crippen LogP contribution in [0, 0.1) is 6.92 Å². The summed E-state index contributed by atoms with van der Waals surface area (Å²) in [5.74, 6) is -0.738. The minimum atomic E-state index is -1.34. The zero-order chi connectivity index (χ0) is 16.1. The normalized spacial score (nSPS) is 10.3. The van der Waals surface area contributed by atoms with Gasteiger partial charge in [-0.25, -0.2) is 4.98 Å². The van der Waals surface area contributed by atoms with Crippen LogP contribution in [0.4, 0.5) is 0 Å². The number of carbonyl (C=O) groups excluding carboxylic acids is 2. The van der Waals surface area contributed by atoms with Gasteiger partial charge in [-0.1, -0.05) is 12.1 Å². The second-order valence-corrected chi connectivity index (χ2v) is 5.31. The number of aromatic carboxylic acids is 1. The van der Waals surface area contributed by atoms with E-state index in [0.717, 1.165) is 11.3 Å². The number of aryl methyl sites for hydroxylation is 1. The Bertz CT molecular complexity index is 695. The average Bonchev–Trinajstić information content (AvgIpc) is 2.88. The average molecular weight is 320 g/mol. The number of thiazole rings is 1. The van der Waals surface area contributed by atoms with Gasteiger partial charge in [0.05, 0.1) is 23.1 Å². The molecular weight excluding hydrogens is 306 g/mol. The lowest BCUT2D eigenvalue weighted by atomic mass is 10.3. The monoisotopic (exact) mass is 320 g/mol. The van der Waals surface area contributed by atoms with E-state index < -0.39 is 11.8 Å². The number of carboxylic acid groups (broad SMARTS) is 1. The van der Waals surface area contributed by atoms with Gasteiger partial charge >= 0.3 is 0 Å². The Morgan fingerprint density at radius 1 is 1.23 bits per heavy atom. The fourth-order valence-electron chi connectivity index (χ4n) is 1.75. The van der Waals surface area contributed by atoms with Crippen LogP contribution >= 0.6 is 11.3 Å². The van der Waals surface area contributed by atoms with Gasteiger partial charge in [0.1, 0.15) is 0 Å². The van der Waals surface area contributed by atoms with E-state index in [9.17, 15) is 14.7 Å². The van der Waals surface area contributed by atoms with Gasteiger partial charge in [-0.15, -0.1) is 11.3 Å². The second kappa shape index (κ2) is 7.04. The van der Waals surface area contributed by atoms with Crippen LogP contribution in [0.25, 0.3) is 0 Å². The number of para-hydroxylation sites is 2. The first-order valence-electron chi connectivity index (χ1n) is 6.59. The molecule has 0 atom stereocenters. The molecule has 0 radical (unpaired) electrons. The third-order valence-electron chi connectivity index (χ3n) is 2.73. The number of benzene rings is 1. The van der Waals surface area contributed by atoms with Crippen molar-refractivity contribution in [2.24, 2.45) is 0 Å². The molecule has 0 N–H and O–H groups in total. The summed E-state index contributed by atoms with van der Waals surface area (Å²) in [5.41, 5.74) is 0.267. The number of carboxylic acids is 1. The zero-order valence-electron chi connectivity index (χ0n) is 12.1. The third-order valence-corrected chi connectivity index (χ3v) is 3.91. The van der Waals surface area contributed by atoms with Gasteiger partial charge in [0, 0.05) is 0 Å². The van der Waals surface area contributed by atoms with Crippen LogP contribution in [0.5, 0.6) is 11.5 Å². The number of carbonyl (C=O) groups is 2. The number of hydrogen-bond donors (Lipinski definition) is 0. The van der Waals surface area contributed by atoms with Gasteiger partial charge in [0.2, 0.25) is 5.78 Å². The molecule has 0 amide bonds. The molecule has 0 aliphatic rings. The maximum atomic E-state index is 12.0. The highest BCUT2D eigenvalue weighted by Gasteiger charge is 2.16. The standard InChI is InChI=1S/C15H15NO5S/c1-3-20-11-6-4-5-7-12(11)21-8-10(17)14-16-9(2)13(22-14)15(18)19/h4-7H,3,8H2,1-2H3,(H,18,19)/p-1. The summed E-state index contributed by atoms with van der Waals surface area (Å²) in [6.07, 6.45) is 0. The fraction of sp³-hybridized carbons (Fsp3) is 0.267. The Kier molecular flexibility index (Phi) is 5.11. The van der Waals surface area contributed by atoms with Gasteiger partial charge in [0.15, 0.2) is 23.1 Å². The van der Waals surface area contributed by atoms with Crippen molar-refractivity contribution in [1.82, 2.24) is 4.98 Å². The van der Waals surface area contributed by atoms with Crippen LogP contribution in [0.15, 0.2) is 24.3 Å². The van der Waals surface area contributed by atoms with Crippen LogP contribution in [0.1, 0.15) is 32.1 Å². The van der Waals surface area contributed by atoms with E-state index >= 15 is 0 Å². The largest absolute Gasteiger partial charge is 0.544 e. The Hall–Kier alpha value is -2.41. The lowest BCUT2D eigenvalue weighted by Crippen LogP contribution is -2.21. The number of hydrogen-bond acceptors (Lipinski definition) is 7. The first kappa shape index (κ1) is 16.0. The quantitative estimate of drug-likeness (QED) is 0.718. The minimum absolute atomic E-state index is 0.0435. The molecule has 0 saturated heterocycles. The molecule has 22 heavy (non-hydrogen) atoms. The topological polar surface area (TPSA) is 88.6 Å². The highest BCUT2D eigenvalue weighted by molar-refractivity contribution is 7.15. The van der Waals surface area contributed by atoms with Crippen LogP contribution in [0.3, 0.4) is 0 Å². The molecule has 2 aromatic rings. The highest BCUT2D eigenvalue weighted by atomic mass is 32.1. The molecular formula is C15H14NO5S-. The summed E-state index contributed by atoms with van der Waals surface area (Å²) >= 11 is 0.791. The fourth-order valence-corrected chi connectivity index (χ4v) is 2.58. The molecule has 2 rings (SSSR count). The summed E-state index contributed by atoms with van der Waals surface area (Å²) in [5, 5.41) is 10.9. The predicted octanol–water partition coefficient (Wildman–Crippen LogP) is 1.48. The lowest BCUT2D eigenvalue weighted by Gasteiger charge is -2.10. The molecule has 116 valence electrons. The Labute approximate surface area is 131 Å². The number of rotatable bonds is 7. The Morgan fingerprint density at radius 2 is 1.86 bits per heavy atom. The number of ketones is 1. The smallest absolute Gasteiger partial charge is 0.228 e. The number of Topliss-reactive ketones (excluding diaryl/α,β-unsaturated/α-hetero) is 1. The van der Waals surface area contributed by atoms with Crippen molar-refractivity contribution in [3.63, 3.8) is 0 Å². The Balaban J connectivity index is 2.07. The number of ether oxygens (including phenoxy) is 2. The van der Waals surface area contributed by atoms with Crippen LogP contribution < -0.4 is 14.6 Å². The molecule has 0 spiro atoms. The van der Waals surface area contributed by atoms with E-state index in [1.807, 2.05) is 6.92 Å². The second-order valence-electron chi connectivity index (χ2n) is 4.31. The van der Waals surface area contributed by atoms with Crippen LogP contribution in [0.2, 0.25) is 0 Å². The molecule has 0 aliphatic heterocycles. The zero-order valence-corrected chi connectivity index (χ0v) is 12.9. The van der Waals surface area contributed by atoms with Crippen LogP contribution in [-0.4, -0.2) is 30.0 Å². The van der Waals surface area contributed by atoms with E-state index in [1.54, 1.807) is 24.3 Å². The summed E-state index contributed by atoms with van der Waals surface area (Å²) < 4.78 is 10.8. The van der Waals surface area contributed by atoms with Crippen molar-refractivity contribution >= 4 is 23.1 Å². The molecule has 7 heteroatoms. The number of nitrogens with zero attached hydrogens (tertiary/aromatic N) is 1. The van der Waals surface area contributed by atoms with Gasteiger partial charge in [0.25, 0.3) is 0 Å². The van der Waals surface area contributed by atoms with E-state index in [-0.39, 0.29) is 22.2 Å². The van der Waals surface area contributed by atoms with Crippen molar-refractivity contribution in [1.29, 1.82) is 0 Å². The van der Waals surface area contributed by atoms with Crippen molar-refractivity contribution in [2.75, 3.05) is 13.2 Å². The van der Waals surface area contributed by atoms with Crippen molar-refractivity contribution in [3.05, 3.63) is 39.8 Å². The summed E-state index contributed by atoms with van der Waals surface area (Å²) in [6, 6.07) is 7.00. The maximum absolute atomic E-state index is 12.0. The van der Waals surface area contributed by atoms with Gasteiger partial charge < -0.3 is 19.4 Å². The van der Waals surface area contributed by atoms with E-state index in [4.69, 9.17) is 9.47 Å². The lowest BCUT2D eigenvalue weighted by molar-refractivity contribution is -0.254. The molecule has 1 aromatic heterocycles. The van der Waals surface area contributed by atoms with E-state index in [0.29, 0.717) is 18.1 Å². The predicted molar refractivity (Wildman–Crippen MR) is 78.6 cm³/mol. The molecule has 1 aromatic carbocycles. The summed E-state index contributed by atoms with van der Waals surface area (Å²) in [4.78, 5) is 26.8. The molecule has 0 bridgehead atoms. The molecule has 0 saturated carbocycles. The van der Waals surface area contributed by atoms with E-state index in [1.165, 1.54) is 6.92 Å². The summed E-state index contributed by atoms with van der Waals surface area (Å²) in [7, 11) is 0. The molecule has 1 heterocycles. The molecule has 0 aliphatic carbocycles. The Morgan fingerprint density at radius 3 is 2.41 bits per heavy atom. The van der Waals surface area contributed by atoms with Gasteiger partial charge in [-0.05, 0) is 26.0 Å². The number of aromatic nitrogens is 1. The first-order chi connectivity index (χ1) is 10.5. The minimum Gasteiger partial charge on any atom is -0.544 e.